The molecular weight excluding hydrogens is 242 g/mol. The van der Waals surface area contributed by atoms with E-state index in [1.807, 2.05) is 11.6 Å². The lowest BCUT2D eigenvalue weighted by Gasteiger charge is -2.21. The van der Waals surface area contributed by atoms with Crippen LogP contribution in [0.5, 0.6) is 0 Å². The molecule has 4 heteroatoms. The van der Waals surface area contributed by atoms with Gasteiger partial charge in [0.15, 0.2) is 0 Å². The molecule has 18 heavy (non-hydrogen) atoms. The Morgan fingerprint density at radius 2 is 2.44 bits per heavy atom. The summed E-state index contributed by atoms with van der Waals surface area (Å²) >= 11 is 1.74. The second kappa shape index (κ2) is 4.86. The predicted molar refractivity (Wildman–Crippen MR) is 74.9 cm³/mol. The van der Waals surface area contributed by atoms with Gasteiger partial charge in [-0.2, -0.15) is 0 Å². The number of nitrogens with two attached hydrogens (primary N) is 1. The van der Waals surface area contributed by atoms with Crippen LogP contribution in [0.4, 0.5) is 0 Å². The lowest BCUT2D eigenvalue weighted by atomic mass is 9.93. The van der Waals surface area contributed by atoms with E-state index in [4.69, 9.17) is 5.73 Å². The molecule has 0 aromatic carbocycles. The van der Waals surface area contributed by atoms with Gasteiger partial charge in [-0.1, -0.05) is 0 Å². The molecule has 2 heterocycles. The molecule has 0 saturated carbocycles. The van der Waals surface area contributed by atoms with Gasteiger partial charge in [-0.05, 0) is 37.8 Å². The molecule has 1 aliphatic carbocycles. The summed E-state index contributed by atoms with van der Waals surface area (Å²) in [6.07, 6.45) is 6.43. The second-order valence-electron chi connectivity index (χ2n) is 5.01. The molecule has 1 atom stereocenters. The SMILES string of the molecule is Cc1cc2c(n1CCc1nccs1)CCCC2N. The molecule has 2 N–H and O–H groups in total. The summed E-state index contributed by atoms with van der Waals surface area (Å²) < 4.78 is 2.44. The average Bonchev–Trinajstić information content (AvgIpc) is 2.95. The highest BCUT2D eigenvalue weighted by atomic mass is 32.1. The third-order valence-electron chi connectivity index (χ3n) is 3.81. The van der Waals surface area contributed by atoms with Crippen LogP contribution in [0.1, 0.15) is 40.8 Å². The van der Waals surface area contributed by atoms with E-state index in [1.54, 1.807) is 11.3 Å². The Hall–Kier alpha value is -1.13. The van der Waals surface area contributed by atoms with Gasteiger partial charge >= 0.3 is 0 Å². The number of fused-ring (bicyclic) bond motifs is 1. The first-order chi connectivity index (χ1) is 8.75. The molecule has 0 spiro atoms. The van der Waals surface area contributed by atoms with Crippen LogP contribution in [0.3, 0.4) is 0 Å². The Balaban J connectivity index is 1.83. The zero-order valence-electron chi connectivity index (χ0n) is 10.7. The van der Waals surface area contributed by atoms with Crippen molar-refractivity contribution in [2.45, 2.75) is 45.2 Å². The summed E-state index contributed by atoms with van der Waals surface area (Å²) in [5, 5.41) is 3.26. The molecule has 0 fully saturated rings. The van der Waals surface area contributed by atoms with E-state index >= 15 is 0 Å². The Kier molecular flexibility index (Phi) is 3.22. The van der Waals surface area contributed by atoms with Crippen LogP contribution in [0, 0.1) is 6.92 Å². The molecule has 3 rings (SSSR count). The molecule has 0 bridgehead atoms. The average molecular weight is 261 g/mol. The van der Waals surface area contributed by atoms with Gasteiger partial charge in [-0.3, -0.25) is 0 Å². The van der Waals surface area contributed by atoms with E-state index in [9.17, 15) is 0 Å². The van der Waals surface area contributed by atoms with Crippen molar-refractivity contribution in [1.82, 2.24) is 9.55 Å². The lowest BCUT2D eigenvalue weighted by molar-refractivity contribution is 0.536. The molecule has 0 saturated heterocycles. The topological polar surface area (TPSA) is 43.8 Å². The zero-order chi connectivity index (χ0) is 12.5. The monoisotopic (exact) mass is 261 g/mol. The number of hydrogen-bond donors (Lipinski definition) is 1. The van der Waals surface area contributed by atoms with Crippen LogP contribution < -0.4 is 5.73 Å². The standard InChI is InChI=1S/C14H19N3S/c1-10-9-11-12(15)3-2-4-13(11)17(10)7-5-14-16-6-8-18-14/h6,8-9,12H,2-5,7,15H2,1H3. The minimum atomic E-state index is 0.244. The van der Waals surface area contributed by atoms with Crippen molar-refractivity contribution in [1.29, 1.82) is 0 Å². The maximum absolute atomic E-state index is 6.20. The van der Waals surface area contributed by atoms with Crippen molar-refractivity contribution < 1.29 is 0 Å². The minimum absolute atomic E-state index is 0.244. The molecule has 0 aliphatic heterocycles. The number of thiazole rings is 1. The molecule has 0 radical (unpaired) electrons. The van der Waals surface area contributed by atoms with E-state index < -0.39 is 0 Å². The zero-order valence-corrected chi connectivity index (χ0v) is 11.5. The number of aromatic nitrogens is 2. The minimum Gasteiger partial charge on any atom is -0.348 e. The first-order valence-corrected chi connectivity index (χ1v) is 7.46. The van der Waals surface area contributed by atoms with Crippen molar-refractivity contribution >= 4 is 11.3 Å². The van der Waals surface area contributed by atoms with E-state index in [1.165, 1.54) is 34.8 Å². The summed E-state index contributed by atoms with van der Waals surface area (Å²) in [6.45, 7) is 3.22. The summed E-state index contributed by atoms with van der Waals surface area (Å²) in [5.74, 6) is 0. The Morgan fingerprint density at radius 1 is 1.56 bits per heavy atom. The van der Waals surface area contributed by atoms with Crippen molar-refractivity contribution in [2.24, 2.45) is 5.73 Å². The largest absolute Gasteiger partial charge is 0.348 e. The van der Waals surface area contributed by atoms with Gasteiger partial charge in [0.25, 0.3) is 0 Å². The fourth-order valence-electron chi connectivity index (χ4n) is 2.90. The first-order valence-electron chi connectivity index (χ1n) is 6.58. The van der Waals surface area contributed by atoms with Crippen LogP contribution in [-0.2, 0) is 19.4 Å². The molecule has 3 nitrogen and oxygen atoms in total. The van der Waals surface area contributed by atoms with Crippen LogP contribution in [0.25, 0.3) is 0 Å². The molecule has 0 amide bonds. The second-order valence-corrected chi connectivity index (χ2v) is 5.99. The normalized spacial score (nSPS) is 18.9. The maximum atomic E-state index is 6.20. The van der Waals surface area contributed by atoms with Crippen LogP contribution in [0.15, 0.2) is 17.6 Å². The Bertz CT molecular complexity index is 527. The van der Waals surface area contributed by atoms with E-state index in [-0.39, 0.29) is 6.04 Å². The quantitative estimate of drug-likeness (QED) is 0.923. The van der Waals surface area contributed by atoms with Crippen molar-refractivity contribution in [3.8, 4) is 0 Å². The van der Waals surface area contributed by atoms with Crippen LogP contribution in [0.2, 0.25) is 0 Å². The maximum Gasteiger partial charge on any atom is 0.0942 e. The highest BCUT2D eigenvalue weighted by molar-refractivity contribution is 7.09. The lowest BCUT2D eigenvalue weighted by Crippen LogP contribution is -2.18. The molecule has 2 aromatic heterocycles. The number of nitrogens with zero attached hydrogens (tertiary/aromatic N) is 2. The van der Waals surface area contributed by atoms with Gasteiger partial charge in [0.05, 0.1) is 5.01 Å². The van der Waals surface area contributed by atoms with Crippen molar-refractivity contribution in [3.05, 3.63) is 39.6 Å². The van der Waals surface area contributed by atoms with Gasteiger partial charge < -0.3 is 10.3 Å². The molecular formula is C14H19N3S. The third kappa shape index (κ3) is 2.10. The number of hydrogen-bond acceptors (Lipinski definition) is 3. The van der Waals surface area contributed by atoms with Crippen LogP contribution in [-0.4, -0.2) is 9.55 Å². The van der Waals surface area contributed by atoms with Gasteiger partial charge in [0.2, 0.25) is 0 Å². The molecule has 96 valence electrons. The molecule has 2 aromatic rings. The van der Waals surface area contributed by atoms with E-state index in [0.717, 1.165) is 19.4 Å². The number of rotatable bonds is 3. The van der Waals surface area contributed by atoms with Gasteiger partial charge in [0, 0.05) is 42.0 Å². The van der Waals surface area contributed by atoms with Gasteiger partial charge in [-0.25, -0.2) is 4.98 Å². The van der Waals surface area contributed by atoms with Gasteiger partial charge in [0.1, 0.15) is 0 Å². The van der Waals surface area contributed by atoms with Crippen molar-refractivity contribution in [3.63, 3.8) is 0 Å². The highest BCUT2D eigenvalue weighted by Crippen LogP contribution is 2.30. The van der Waals surface area contributed by atoms with Crippen molar-refractivity contribution in [2.75, 3.05) is 0 Å². The molecule has 1 aliphatic rings. The van der Waals surface area contributed by atoms with E-state index in [2.05, 4.69) is 22.5 Å². The number of aryl methyl sites for hydroxylation is 2. The summed E-state index contributed by atoms with van der Waals surface area (Å²) in [6, 6.07) is 2.52. The predicted octanol–water partition coefficient (Wildman–Crippen LogP) is 2.83. The Morgan fingerprint density at radius 3 is 3.22 bits per heavy atom. The Labute approximate surface area is 112 Å². The van der Waals surface area contributed by atoms with Crippen LogP contribution >= 0.6 is 11.3 Å². The van der Waals surface area contributed by atoms with Gasteiger partial charge in [-0.15, -0.1) is 11.3 Å². The van der Waals surface area contributed by atoms with E-state index in [0.29, 0.717) is 0 Å². The highest BCUT2D eigenvalue weighted by Gasteiger charge is 2.21. The first kappa shape index (κ1) is 11.9. The fraction of sp³-hybridized carbons (Fsp3) is 0.500. The summed E-state index contributed by atoms with van der Waals surface area (Å²) in [4.78, 5) is 4.35. The third-order valence-corrected chi connectivity index (χ3v) is 4.65. The molecule has 1 unspecified atom stereocenters. The summed E-state index contributed by atoms with van der Waals surface area (Å²) in [5.41, 5.74) is 10.4. The fourth-order valence-corrected chi connectivity index (χ4v) is 3.51. The summed E-state index contributed by atoms with van der Waals surface area (Å²) in [7, 11) is 0. The smallest absolute Gasteiger partial charge is 0.0942 e.